The Kier molecular flexibility index (Phi) is 3.85. The molecule has 0 fully saturated rings. The first kappa shape index (κ1) is 11.2. The maximum Gasteiger partial charge on any atom is 0.333 e. The molecule has 0 atom stereocenters. The largest absolute Gasteiger partial charge is 0.506 e. The smallest absolute Gasteiger partial charge is 0.333 e. The molecule has 80 valence electrons. The molecule has 0 aliphatic carbocycles. The summed E-state index contributed by atoms with van der Waals surface area (Å²) in [5.74, 6) is -0.358. The SMILES string of the molecule is CCOC(=O)/C(C)=C/c1ncccc1O. The van der Waals surface area contributed by atoms with Crippen molar-refractivity contribution in [3.63, 3.8) is 0 Å². The van der Waals surface area contributed by atoms with E-state index in [2.05, 4.69) is 4.98 Å². The van der Waals surface area contributed by atoms with Crippen LogP contribution in [0.2, 0.25) is 0 Å². The number of aromatic nitrogens is 1. The molecule has 0 spiro atoms. The molecule has 1 aromatic rings. The van der Waals surface area contributed by atoms with Gasteiger partial charge in [-0.3, -0.25) is 4.98 Å². The Labute approximate surface area is 88.2 Å². The van der Waals surface area contributed by atoms with Gasteiger partial charge in [0.05, 0.1) is 6.61 Å². The average Bonchev–Trinajstić information content (AvgIpc) is 2.21. The van der Waals surface area contributed by atoms with Crippen LogP contribution in [0.3, 0.4) is 0 Å². The van der Waals surface area contributed by atoms with Crippen LogP contribution in [0.15, 0.2) is 23.9 Å². The first-order chi connectivity index (χ1) is 7.15. The summed E-state index contributed by atoms with van der Waals surface area (Å²) in [6, 6.07) is 3.13. The Morgan fingerprint density at radius 2 is 2.40 bits per heavy atom. The highest BCUT2D eigenvalue weighted by Crippen LogP contribution is 2.16. The van der Waals surface area contributed by atoms with Gasteiger partial charge in [0.15, 0.2) is 0 Å². The van der Waals surface area contributed by atoms with Crippen LogP contribution < -0.4 is 0 Å². The summed E-state index contributed by atoms with van der Waals surface area (Å²) in [5.41, 5.74) is 0.772. The predicted octanol–water partition coefficient (Wildman–Crippen LogP) is 1.75. The van der Waals surface area contributed by atoms with E-state index >= 15 is 0 Å². The molecule has 0 saturated carbocycles. The minimum Gasteiger partial charge on any atom is -0.506 e. The number of carbonyl (C=O) groups is 1. The molecule has 0 aliphatic rings. The summed E-state index contributed by atoms with van der Waals surface area (Å²) in [4.78, 5) is 15.2. The summed E-state index contributed by atoms with van der Waals surface area (Å²) in [6.07, 6.45) is 3.04. The maximum absolute atomic E-state index is 11.3. The zero-order chi connectivity index (χ0) is 11.3. The maximum atomic E-state index is 11.3. The van der Waals surface area contributed by atoms with Crippen molar-refractivity contribution < 1.29 is 14.6 Å². The molecule has 0 radical (unpaired) electrons. The second-order valence-electron chi connectivity index (χ2n) is 2.96. The second-order valence-corrected chi connectivity index (χ2v) is 2.96. The summed E-state index contributed by atoms with van der Waals surface area (Å²) in [7, 11) is 0. The number of rotatable bonds is 3. The van der Waals surface area contributed by atoms with Crippen molar-refractivity contribution in [1.82, 2.24) is 4.98 Å². The van der Waals surface area contributed by atoms with Crippen LogP contribution in [0.5, 0.6) is 5.75 Å². The lowest BCUT2D eigenvalue weighted by molar-refractivity contribution is -0.138. The molecule has 1 N–H and O–H groups in total. The van der Waals surface area contributed by atoms with E-state index in [4.69, 9.17) is 4.74 Å². The van der Waals surface area contributed by atoms with Crippen LogP contribution in [0.25, 0.3) is 6.08 Å². The Balaban J connectivity index is 2.88. The fourth-order valence-electron chi connectivity index (χ4n) is 1.03. The highest BCUT2D eigenvalue weighted by molar-refractivity contribution is 5.93. The fourth-order valence-corrected chi connectivity index (χ4v) is 1.03. The Bertz CT molecular complexity index is 385. The first-order valence-electron chi connectivity index (χ1n) is 4.64. The molecule has 0 aliphatic heterocycles. The van der Waals surface area contributed by atoms with E-state index in [-0.39, 0.29) is 5.75 Å². The zero-order valence-electron chi connectivity index (χ0n) is 8.73. The van der Waals surface area contributed by atoms with E-state index in [1.165, 1.54) is 12.1 Å². The third-order valence-electron chi connectivity index (χ3n) is 1.77. The van der Waals surface area contributed by atoms with Gasteiger partial charge in [-0.15, -0.1) is 0 Å². The van der Waals surface area contributed by atoms with Gasteiger partial charge in [-0.2, -0.15) is 0 Å². The fraction of sp³-hybridized carbons (Fsp3) is 0.273. The molecule has 0 amide bonds. The molecule has 4 nitrogen and oxygen atoms in total. The van der Waals surface area contributed by atoms with Gasteiger partial charge in [-0.05, 0) is 32.1 Å². The summed E-state index contributed by atoms with van der Waals surface area (Å²) in [6.45, 7) is 3.69. The zero-order valence-corrected chi connectivity index (χ0v) is 8.73. The third-order valence-corrected chi connectivity index (χ3v) is 1.77. The molecule has 1 aromatic heterocycles. The van der Waals surface area contributed by atoms with Gasteiger partial charge >= 0.3 is 5.97 Å². The number of pyridine rings is 1. The van der Waals surface area contributed by atoms with Crippen molar-refractivity contribution in [1.29, 1.82) is 0 Å². The Morgan fingerprint density at radius 3 is 3.00 bits per heavy atom. The van der Waals surface area contributed by atoms with E-state index in [0.717, 1.165) is 0 Å². The topological polar surface area (TPSA) is 59.4 Å². The molecule has 1 heterocycles. The minimum atomic E-state index is -0.400. The van der Waals surface area contributed by atoms with Crippen LogP contribution in [0.4, 0.5) is 0 Å². The lowest BCUT2D eigenvalue weighted by Gasteiger charge is -2.02. The summed E-state index contributed by atoms with van der Waals surface area (Å²) in [5, 5.41) is 9.41. The number of nitrogens with zero attached hydrogens (tertiary/aromatic N) is 1. The quantitative estimate of drug-likeness (QED) is 0.606. The van der Waals surface area contributed by atoms with Gasteiger partial charge in [-0.25, -0.2) is 4.79 Å². The highest BCUT2D eigenvalue weighted by atomic mass is 16.5. The van der Waals surface area contributed by atoms with E-state index < -0.39 is 5.97 Å². The second kappa shape index (κ2) is 5.14. The molecule has 0 saturated heterocycles. The van der Waals surface area contributed by atoms with Gasteiger partial charge < -0.3 is 9.84 Å². The monoisotopic (exact) mass is 207 g/mol. The van der Waals surface area contributed by atoms with Crippen molar-refractivity contribution >= 4 is 12.0 Å². The van der Waals surface area contributed by atoms with Crippen LogP contribution >= 0.6 is 0 Å². The van der Waals surface area contributed by atoms with Crippen LogP contribution in [0, 0.1) is 0 Å². The molecular formula is C11H13NO3. The van der Waals surface area contributed by atoms with Gasteiger partial charge in [0.25, 0.3) is 0 Å². The lowest BCUT2D eigenvalue weighted by atomic mass is 10.2. The molecule has 4 heteroatoms. The standard InChI is InChI=1S/C11H13NO3/c1-3-15-11(14)8(2)7-9-10(13)5-4-6-12-9/h4-7,13H,3H2,1-2H3/b8-7+. The average molecular weight is 207 g/mol. The molecular weight excluding hydrogens is 194 g/mol. The van der Waals surface area contributed by atoms with E-state index in [1.54, 1.807) is 26.1 Å². The Morgan fingerprint density at radius 1 is 1.67 bits per heavy atom. The minimum absolute atomic E-state index is 0.0427. The predicted molar refractivity (Wildman–Crippen MR) is 56.2 cm³/mol. The molecule has 0 bridgehead atoms. The van der Waals surface area contributed by atoms with Crippen LogP contribution in [0.1, 0.15) is 19.5 Å². The number of hydrogen-bond donors (Lipinski definition) is 1. The van der Waals surface area contributed by atoms with E-state index in [9.17, 15) is 9.90 Å². The molecule has 0 aromatic carbocycles. The molecule has 1 rings (SSSR count). The van der Waals surface area contributed by atoms with Gasteiger partial charge in [0, 0.05) is 11.8 Å². The van der Waals surface area contributed by atoms with Crippen molar-refractivity contribution in [3.05, 3.63) is 29.6 Å². The number of esters is 1. The van der Waals surface area contributed by atoms with E-state index in [1.807, 2.05) is 0 Å². The van der Waals surface area contributed by atoms with Gasteiger partial charge in [0.2, 0.25) is 0 Å². The number of hydrogen-bond acceptors (Lipinski definition) is 4. The third kappa shape index (κ3) is 3.09. The first-order valence-corrected chi connectivity index (χ1v) is 4.64. The summed E-state index contributed by atoms with van der Waals surface area (Å²) >= 11 is 0. The number of aromatic hydroxyl groups is 1. The van der Waals surface area contributed by atoms with Crippen LogP contribution in [-0.2, 0) is 9.53 Å². The number of carbonyl (C=O) groups excluding carboxylic acids is 1. The van der Waals surface area contributed by atoms with Gasteiger partial charge in [-0.1, -0.05) is 0 Å². The number of ether oxygens (including phenoxy) is 1. The van der Waals surface area contributed by atoms with Crippen LogP contribution in [-0.4, -0.2) is 22.7 Å². The van der Waals surface area contributed by atoms with Crippen molar-refractivity contribution in [2.45, 2.75) is 13.8 Å². The van der Waals surface area contributed by atoms with Gasteiger partial charge in [0.1, 0.15) is 11.4 Å². The van der Waals surface area contributed by atoms with Crippen molar-refractivity contribution in [2.24, 2.45) is 0 Å². The van der Waals surface area contributed by atoms with Crippen molar-refractivity contribution in [3.8, 4) is 5.75 Å². The molecule has 15 heavy (non-hydrogen) atoms. The van der Waals surface area contributed by atoms with E-state index in [0.29, 0.717) is 17.9 Å². The van der Waals surface area contributed by atoms with Crippen molar-refractivity contribution in [2.75, 3.05) is 6.61 Å². The highest BCUT2D eigenvalue weighted by Gasteiger charge is 2.06. The molecule has 0 unspecified atom stereocenters. The Hall–Kier alpha value is -1.84. The summed E-state index contributed by atoms with van der Waals surface area (Å²) < 4.78 is 4.80. The lowest BCUT2D eigenvalue weighted by Crippen LogP contribution is -2.04. The normalized spacial score (nSPS) is 11.2.